The van der Waals surface area contributed by atoms with Gasteiger partial charge in [-0.05, 0) is 50.0 Å². The number of rotatable bonds is 6. The molecule has 2 nitrogen and oxygen atoms in total. The van der Waals surface area contributed by atoms with Crippen molar-refractivity contribution in [3.05, 3.63) is 34.9 Å². The van der Waals surface area contributed by atoms with Gasteiger partial charge in [0.25, 0.3) is 0 Å². The molecule has 106 valence electrons. The molecule has 1 fully saturated rings. The summed E-state index contributed by atoms with van der Waals surface area (Å²) >= 11 is 5.92. The molecule has 19 heavy (non-hydrogen) atoms. The molecule has 1 aliphatic carbocycles. The maximum absolute atomic E-state index is 5.92. The third kappa shape index (κ3) is 4.20. The first-order valence-electron chi connectivity index (χ1n) is 7.24. The number of hydrogen-bond donors (Lipinski definition) is 1. The minimum atomic E-state index is 0.586. The van der Waals surface area contributed by atoms with Gasteiger partial charge < -0.3 is 5.32 Å². The van der Waals surface area contributed by atoms with E-state index in [1.54, 1.807) is 0 Å². The van der Waals surface area contributed by atoms with Crippen LogP contribution in [0.4, 0.5) is 0 Å². The van der Waals surface area contributed by atoms with Gasteiger partial charge in [0.05, 0.1) is 0 Å². The van der Waals surface area contributed by atoms with Gasteiger partial charge in [-0.1, -0.05) is 37.6 Å². The highest BCUT2D eigenvalue weighted by molar-refractivity contribution is 6.30. The molecule has 2 rings (SSSR count). The Balaban J connectivity index is 1.82. The lowest BCUT2D eigenvalue weighted by Gasteiger charge is -2.43. The van der Waals surface area contributed by atoms with Crippen molar-refractivity contribution in [2.75, 3.05) is 13.6 Å². The van der Waals surface area contributed by atoms with E-state index in [-0.39, 0.29) is 0 Å². The second-order valence-corrected chi connectivity index (χ2v) is 6.45. The summed E-state index contributed by atoms with van der Waals surface area (Å²) in [5.74, 6) is 0.805. The van der Waals surface area contributed by atoms with Crippen LogP contribution in [0.3, 0.4) is 0 Å². The molecule has 0 radical (unpaired) electrons. The molecule has 0 aromatic heterocycles. The molecule has 1 saturated carbocycles. The van der Waals surface area contributed by atoms with Crippen LogP contribution < -0.4 is 5.32 Å². The minimum absolute atomic E-state index is 0.586. The zero-order valence-corrected chi connectivity index (χ0v) is 13.0. The van der Waals surface area contributed by atoms with E-state index in [1.807, 2.05) is 12.1 Å². The lowest BCUT2D eigenvalue weighted by atomic mass is 9.78. The van der Waals surface area contributed by atoms with Gasteiger partial charge in [-0.3, -0.25) is 4.90 Å². The highest BCUT2D eigenvalue weighted by Gasteiger charge is 2.33. The van der Waals surface area contributed by atoms with Crippen molar-refractivity contribution in [2.45, 2.75) is 45.3 Å². The molecule has 0 saturated heterocycles. The maximum atomic E-state index is 5.92. The van der Waals surface area contributed by atoms with Gasteiger partial charge in [-0.2, -0.15) is 0 Å². The molecule has 3 heteroatoms. The van der Waals surface area contributed by atoms with Crippen LogP contribution in [0.1, 0.15) is 32.3 Å². The molecular weight excluding hydrogens is 256 g/mol. The summed E-state index contributed by atoms with van der Waals surface area (Å²) in [6, 6.07) is 9.51. The van der Waals surface area contributed by atoms with Gasteiger partial charge in [0.2, 0.25) is 0 Å². The first-order chi connectivity index (χ1) is 9.06. The van der Waals surface area contributed by atoms with E-state index in [2.05, 4.69) is 43.2 Å². The van der Waals surface area contributed by atoms with Gasteiger partial charge in [-0.25, -0.2) is 0 Å². The highest BCUT2D eigenvalue weighted by atomic mass is 35.5. The second kappa shape index (κ2) is 6.74. The molecule has 0 aliphatic heterocycles. The van der Waals surface area contributed by atoms with Crippen LogP contribution in [-0.2, 0) is 6.54 Å². The van der Waals surface area contributed by atoms with E-state index in [1.165, 1.54) is 18.4 Å². The topological polar surface area (TPSA) is 15.3 Å². The van der Waals surface area contributed by atoms with Crippen molar-refractivity contribution < 1.29 is 0 Å². The van der Waals surface area contributed by atoms with Crippen LogP contribution in [0.5, 0.6) is 0 Å². The van der Waals surface area contributed by atoms with E-state index in [4.69, 9.17) is 11.6 Å². The Morgan fingerprint density at radius 1 is 1.26 bits per heavy atom. The number of nitrogens with zero attached hydrogens (tertiary/aromatic N) is 1. The number of halogens is 1. The molecule has 1 aliphatic rings. The second-order valence-electron chi connectivity index (χ2n) is 6.01. The normalized spacial score (nSPS) is 22.8. The Hall–Kier alpha value is -0.570. The third-order valence-electron chi connectivity index (χ3n) is 4.08. The van der Waals surface area contributed by atoms with Crippen molar-refractivity contribution in [1.82, 2.24) is 10.2 Å². The fraction of sp³-hybridized carbons (Fsp3) is 0.625. The monoisotopic (exact) mass is 280 g/mol. The van der Waals surface area contributed by atoms with Crippen molar-refractivity contribution in [3.63, 3.8) is 0 Å². The fourth-order valence-corrected chi connectivity index (χ4v) is 2.88. The fourth-order valence-electron chi connectivity index (χ4n) is 2.75. The van der Waals surface area contributed by atoms with Crippen LogP contribution in [-0.4, -0.2) is 30.6 Å². The maximum Gasteiger partial charge on any atom is 0.0406 e. The number of benzene rings is 1. The molecule has 1 N–H and O–H groups in total. The predicted molar refractivity (Wildman–Crippen MR) is 82.6 cm³/mol. The summed E-state index contributed by atoms with van der Waals surface area (Å²) in [5, 5.41) is 4.37. The molecule has 0 spiro atoms. The van der Waals surface area contributed by atoms with Crippen molar-refractivity contribution in [2.24, 2.45) is 5.92 Å². The lowest BCUT2D eigenvalue weighted by Crippen LogP contribution is -2.49. The first-order valence-corrected chi connectivity index (χ1v) is 7.62. The van der Waals surface area contributed by atoms with Crippen LogP contribution in [0, 0.1) is 5.92 Å². The zero-order valence-electron chi connectivity index (χ0n) is 12.2. The Morgan fingerprint density at radius 2 is 1.95 bits per heavy atom. The summed E-state index contributed by atoms with van der Waals surface area (Å²) in [4.78, 5) is 2.49. The van der Waals surface area contributed by atoms with E-state index >= 15 is 0 Å². The summed E-state index contributed by atoms with van der Waals surface area (Å²) in [6.07, 6.45) is 2.68. The molecular formula is C16H25ClN2. The van der Waals surface area contributed by atoms with Crippen molar-refractivity contribution in [3.8, 4) is 0 Å². The quantitative estimate of drug-likeness (QED) is 0.857. The van der Waals surface area contributed by atoms with Gasteiger partial charge >= 0.3 is 0 Å². The Bertz CT molecular complexity index is 388. The SMILES string of the molecule is CC(C)NCC1CCC1N(C)Cc1ccc(Cl)cc1. The van der Waals surface area contributed by atoms with Crippen molar-refractivity contribution in [1.29, 1.82) is 0 Å². The largest absolute Gasteiger partial charge is 0.314 e. The molecule has 2 atom stereocenters. The molecule has 1 aromatic carbocycles. The summed E-state index contributed by atoms with van der Waals surface area (Å²) in [7, 11) is 2.24. The van der Waals surface area contributed by atoms with E-state index < -0.39 is 0 Å². The molecule has 0 amide bonds. The van der Waals surface area contributed by atoms with E-state index in [0.29, 0.717) is 6.04 Å². The van der Waals surface area contributed by atoms with Gasteiger partial charge in [0.15, 0.2) is 0 Å². The zero-order chi connectivity index (χ0) is 13.8. The van der Waals surface area contributed by atoms with Crippen LogP contribution in [0.2, 0.25) is 5.02 Å². The standard InChI is InChI=1S/C16H25ClN2/c1-12(2)18-10-14-6-9-16(14)19(3)11-13-4-7-15(17)8-5-13/h4-5,7-8,12,14,16,18H,6,9-11H2,1-3H3. The number of hydrogen-bond acceptors (Lipinski definition) is 2. The summed E-state index contributed by atoms with van der Waals surface area (Å²) in [6.45, 7) is 6.59. The van der Waals surface area contributed by atoms with Crippen LogP contribution in [0.25, 0.3) is 0 Å². The molecule has 2 unspecified atom stereocenters. The van der Waals surface area contributed by atoms with Crippen LogP contribution in [0.15, 0.2) is 24.3 Å². The molecule has 0 bridgehead atoms. The third-order valence-corrected chi connectivity index (χ3v) is 4.33. The van der Waals surface area contributed by atoms with Crippen molar-refractivity contribution >= 4 is 11.6 Å². The van der Waals surface area contributed by atoms with E-state index in [9.17, 15) is 0 Å². The first kappa shape index (κ1) is 14.8. The average molecular weight is 281 g/mol. The Kier molecular flexibility index (Phi) is 5.26. The lowest BCUT2D eigenvalue weighted by molar-refractivity contribution is 0.0768. The highest BCUT2D eigenvalue weighted by Crippen LogP contribution is 2.31. The predicted octanol–water partition coefficient (Wildman–Crippen LogP) is 3.55. The van der Waals surface area contributed by atoms with Gasteiger partial charge in [0, 0.05) is 23.7 Å². The smallest absolute Gasteiger partial charge is 0.0406 e. The minimum Gasteiger partial charge on any atom is -0.314 e. The summed E-state index contributed by atoms with van der Waals surface area (Å²) < 4.78 is 0. The van der Waals surface area contributed by atoms with E-state index in [0.717, 1.165) is 30.1 Å². The average Bonchev–Trinajstić information content (AvgIpc) is 2.30. The van der Waals surface area contributed by atoms with Gasteiger partial charge in [-0.15, -0.1) is 0 Å². The van der Waals surface area contributed by atoms with Gasteiger partial charge in [0.1, 0.15) is 0 Å². The Labute approximate surface area is 122 Å². The molecule has 0 heterocycles. The molecule has 1 aromatic rings. The summed E-state index contributed by atoms with van der Waals surface area (Å²) in [5.41, 5.74) is 1.34. The number of nitrogens with one attached hydrogen (secondary N) is 1. The van der Waals surface area contributed by atoms with Crippen LogP contribution >= 0.6 is 11.6 Å². The Morgan fingerprint density at radius 3 is 2.47 bits per heavy atom.